The van der Waals surface area contributed by atoms with Crippen molar-refractivity contribution in [1.29, 1.82) is 0 Å². The molecule has 0 bridgehead atoms. The van der Waals surface area contributed by atoms with E-state index in [1.807, 2.05) is 12.1 Å². The van der Waals surface area contributed by atoms with E-state index in [0.29, 0.717) is 23.3 Å². The Morgan fingerprint density at radius 3 is 2.14 bits per heavy atom. The van der Waals surface area contributed by atoms with Gasteiger partial charge in [-0.05, 0) is 37.1 Å². The molecule has 2 aromatic heterocycles. The number of hydrogen-bond acceptors (Lipinski definition) is 4. The zero-order chi connectivity index (χ0) is 25.4. The van der Waals surface area contributed by atoms with Gasteiger partial charge in [0.2, 0.25) is 5.52 Å². The highest BCUT2D eigenvalue weighted by Gasteiger charge is 2.37. The number of halogens is 1. The minimum Gasteiger partial charge on any atom is -0.361 e. The van der Waals surface area contributed by atoms with E-state index in [9.17, 15) is 4.79 Å². The van der Waals surface area contributed by atoms with Gasteiger partial charge in [0, 0.05) is 32.2 Å². The number of anilines is 1. The Morgan fingerprint density at radius 1 is 0.944 bits per heavy atom. The third-order valence-corrected chi connectivity index (χ3v) is 7.48. The molecule has 1 fully saturated rings. The molecule has 0 saturated carbocycles. The van der Waals surface area contributed by atoms with Gasteiger partial charge in [-0.2, -0.15) is 0 Å². The Labute approximate surface area is 216 Å². The second-order valence-corrected chi connectivity index (χ2v) is 9.82. The van der Waals surface area contributed by atoms with Crippen LogP contribution in [0, 0.1) is 6.57 Å². The first-order valence-electron chi connectivity index (χ1n) is 12.1. The van der Waals surface area contributed by atoms with E-state index in [2.05, 4.69) is 82.0 Å². The molecule has 0 radical (unpaired) electrons. The lowest BCUT2D eigenvalue weighted by atomic mass is 9.93. The topological polar surface area (TPSA) is 45.7 Å². The van der Waals surface area contributed by atoms with Crippen LogP contribution < -0.4 is 10.5 Å². The van der Waals surface area contributed by atoms with Gasteiger partial charge in [-0.1, -0.05) is 78.8 Å². The lowest BCUT2D eigenvalue weighted by molar-refractivity contribution is 0.130. The van der Waals surface area contributed by atoms with Crippen molar-refractivity contribution in [2.45, 2.75) is 32.0 Å². The summed E-state index contributed by atoms with van der Waals surface area (Å²) in [5.41, 5.74) is 4.11. The maximum Gasteiger partial charge on any atom is 0.271 e. The molecular weight excluding hydrogens is 470 g/mol. The van der Waals surface area contributed by atoms with Crippen molar-refractivity contribution in [3.63, 3.8) is 0 Å². The summed E-state index contributed by atoms with van der Waals surface area (Å²) in [5, 5.41) is 0.148. The highest BCUT2D eigenvalue weighted by atomic mass is 35.5. The van der Waals surface area contributed by atoms with Crippen LogP contribution in [0.2, 0.25) is 5.02 Å². The van der Waals surface area contributed by atoms with Gasteiger partial charge in [0.1, 0.15) is 10.7 Å². The van der Waals surface area contributed by atoms with Gasteiger partial charge < -0.3 is 14.3 Å². The van der Waals surface area contributed by atoms with E-state index < -0.39 is 0 Å². The molecule has 1 aliphatic heterocycles. The normalized spacial score (nSPS) is 18.5. The number of benzene rings is 2. The van der Waals surface area contributed by atoms with Gasteiger partial charge in [-0.25, -0.2) is 0 Å². The van der Waals surface area contributed by atoms with Gasteiger partial charge in [0.05, 0.1) is 11.6 Å². The molecule has 2 aromatic carbocycles. The van der Waals surface area contributed by atoms with E-state index in [4.69, 9.17) is 18.2 Å². The van der Waals surface area contributed by atoms with Crippen molar-refractivity contribution < 1.29 is 0 Å². The second-order valence-electron chi connectivity index (χ2n) is 9.45. The summed E-state index contributed by atoms with van der Waals surface area (Å²) in [7, 11) is 1.69. The summed E-state index contributed by atoms with van der Waals surface area (Å²) in [4.78, 5) is 25.9. The monoisotopic (exact) mass is 497 g/mol. The molecule has 36 heavy (non-hydrogen) atoms. The molecule has 6 nitrogen and oxygen atoms in total. The molecule has 3 heterocycles. The number of hydrogen-bond donors (Lipinski definition) is 0. The molecule has 0 amide bonds. The zero-order valence-corrected chi connectivity index (χ0v) is 21.4. The lowest BCUT2D eigenvalue weighted by Gasteiger charge is -2.48. The van der Waals surface area contributed by atoms with Gasteiger partial charge >= 0.3 is 0 Å². The van der Waals surface area contributed by atoms with Gasteiger partial charge in [0.25, 0.3) is 11.4 Å². The number of piperazine rings is 1. The zero-order valence-electron chi connectivity index (χ0n) is 20.6. The van der Waals surface area contributed by atoms with Crippen molar-refractivity contribution in [2.24, 2.45) is 7.05 Å². The Bertz CT molecular complexity index is 1460. The predicted octanol–water partition coefficient (Wildman–Crippen LogP) is 5.83. The molecule has 0 aliphatic carbocycles. The second kappa shape index (κ2) is 9.77. The highest BCUT2D eigenvalue weighted by Crippen LogP contribution is 2.38. The van der Waals surface area contributed by atoms with Crippen molar-refractivity contribution in [1.82, 2.24) is 14.5 Å². The summed E-state index contributed by atoms with van der Waals surface area (Å²) in [5.74, 6) is 0.283. The molecule has 4 aromatic rings. The molecule has 7 heteroatoms. The number of aryl methyl sites for hydroxylation is 1. The van der Waals surface area contributed by atoms with Crippen LogP contribution in [0.4, 0.5) is 11.5 Å². The third-order valence-electron chi connectivity index (χ3n) is 7.14. The molecular formula is C29H28ClN5O. The van der Waals surface area contributed by atoms with Crippen LogP contribution in [0.25, 0.3) is 15.9 Å². The van der Waals surface area contributed by atoms with Crippen LogP contribution in [-0.2, 0) is 7.05 Å². The number of fused-ring (bicyclic) bond motifs is 1. The van der Waals surface area contributed by atoms with E-state index in [-0.39, 0.29) is 34.5 Å². The molecule has 0 unspecified atom stereocenters. The summed E-state index contributed by atoms with van der Waals surface area (Å²) in [6.45, 7) is 13.2. The molecule has 1 aliphatic rings. The maximum absolute atomic E-state index is 13.0. The Balaban J connectivity index is 1.58. The smallest absolute Gasteiger partial charge is 0.271 e. The van der Waals surface area contributed by atoms with Crippen LogP contribution >= 0.6 is 11.6 Å². The van der Waals surface area contributed by atoms with Crippen molar-refractivity contribution in [2.75, 3.05) is 18.0 Å². The standard InChI is InChI=1S/C29H28ClN5O/c1-19-18-35(28-25(30)29(36)33(4)23-15-16-24(31-3)32-26(23)28)20(2)17-34(19)27(21-11-7-5-8-12-21)22-13-9-6-10-14-22/h5-16,19-20,27H,17-18H2,1-2,4H3/t19-,20+/m1/s1. The summed E-state index contributed by atoms with van der Waals surface area (Å²) >= 11 is 6.70. The van der Waals surface area contributed by atoms with E-state index in [0.717, 1.165) is 6.54 Å². The molecule has 2 atom stereocenters. The molecule has 1 saturated heterocycles. The lowest BCUT2D eigenvalue weighted by Crippen LogP contribution is -2.57. The largest absolute Gasteiger partial charge is 0.361 e. The first kappa shape index (κ1) is 24.1. The minimum absolute atomic E-state index is 0.0577. The van der Waals surface area contributed by atoms with Gasteiger partial charge in [0.15, 0.2) is 0 Å². The fraction of sp³-hybridized carbons (Fsp3) is 0.276. The maximum atomic E-state index is 13.0. The SMILES string of the molecule is [C-]#[N+]c1ccc2c(n1)c(N1C[C@@H](C)N(C(c3ccccc3)c3ccccc3)C[C@@H]1C)c(Cl)c(=O)n2C. The van der Waals surface area contributed by atoms with Crippen LogP contribution in [0.1, 0.15) is 31.0 Å². The van der Waals surface area contributed by atoms with E-state index in [1.54, 1.807) is 19.2 Å². The van der Waals surface area contributed by atoms with Crippen LogP contribution in [0.5, 0.6) is 0 Å². The van der Waals surface area contributed by atoms with Crippen LogP contribution in [-0.4, -0.2) is 39.6 Å². The van der Waals surface area contributed by atoms with Crippen molar-refractivity contribution >= 4 is 34.1 Å². The Morgan fingerprint density at radius 2 is 1.56 bits per heavy atom. The average Bonchev–Trinajstić information content (AvgIpc) is 2.91. The number of pyridine rings is 2. The van der Waals surface area contributed by atoms with E-state index >= 15 is 0 Å². The summed E-state index contributed by atoms with van der Waals surface area (Å²) in [6, 6.07) is 24.9. The quantitative estimate of drug-likeness (QED) is 0.333. The first-order valence-corrected chi connectivity index (χ1v) is 12.5. The van der Waals surface area contributed by atoms with Gasteiger partial charge in [-0.3, -0.25) is 9.69 Å². The average molecular weight is 498 g/mol. The highest BCUT2D eigenvalue weighted by molar-refractivity contribution is 6.34. The number of aromatic nitrogens is 2. The fourth-order valence-electron chi connectivity index (χ4n) is 5.34. The van der Waals surface area contributed by atoms with E-state index in [1.165, 1.54) is 15.7 Å². The molecule has 182 valence electrons. The Kier molecular flexibility index (Phi) is 6.53. The van der Waals surface area contributed by atoms with Crippen molar-refractivity contribution in [3.8, 4) is 0 Å². The van der Waals surface area contributed by atoms with Crippen LogP contribution in [0.15, 0.2) is 77.6 Å². The molecule has 0 N–H and O–H groups in total. The first-order chi connectivity index (χ1) is 17.4. The Hall–Kier alpha value is -3.66. The summed E-state index contributed by atoms with van der Waals surface area (Å²) < 4.78 is 1.51. The fourth-order valence-corrected chi connectivity index (χ4v) is 5.67. The number of nitrogens with zero attached hydrogens (tertiary/aromatic N) is 5. The molecule has 5 rings (SSSR count). The number of rotatable bonds is 4. The predicted molar refractivity (Wildman–Crippen MR) is 146 cm³/mol. The van der Waals surface area contributed by atoms with Gasteiger partial charge in [-0.15, -0.1) is 4.98 Å². The molecule has 0 spiro atoms. The summed E-state index contributed by atoms with van der Waals surface area (Å²) in [6.07, 6.45) is 0. The van der Waals surface area contributed by atoms with Crippen LogP contribution in [0.3, 0.4) is 0 Å². The van der Waals surface area contributed by atoms with Crippen molar-refractivity contribution in [3.05, 3.63) is 111 Å². The third kappa shape index (κ3) is 4.15. The minimum atomic E-state index is -0.259.